The molecule has 0 saturated carbocycles. The first kappa shape index (κ1) is 11.5. The lowest BCUT2D eigenvalue weighted by molar-refractivity contribution is 0.0944. The van der Waals surface area contributed by atoms with Gasteiger partial charge in [0.1, 0.15) is 4.88 Å². The summed E-state index contributed by atoms with van der Waals surface area (Å²) in [6, 6.07) is 7.33. The molecular formula is C11H12N4OS. The van der Waals surface area contributed by atoms with Gasteiger partial charge >= 0.3 is 0 Å². The third-order valence-electron chi connectivity index (χ3n) is 2.37. The van der Waals surface area contributed by atoms with Crippen molar-refractivity contribution in [3.05, 3.63) is 40.9 Å². The maximum atomic E-state index is 11.8. The molecule has 1 aromatic carbocycles. The molecule has 17 heavy (non-hydrogen) atoms. The molecular weight excluding hydrogens is 236 g/mol. The first-order valence-corrected chi connectivity index (χ1v) is 5.88. The van der Waals surface area contributed by atoms with Crippen LogP contribution in [0.1, 0.15) is 28.2 Å². The van der Waals surface area contributed by atoms with Crippen molar-refractivity contribution in [3.63, 3.8) is 0 Å². The van der Waals surface area contributed by atoms with E-state index in [0.717, 1.165) is 17.1 Å². The topological polar surface area (TPSA) is 80.9 Å². The number of nitrogens with zero attached hydrogens (tertiary/aromatic N) is 2. The zero-order chi connectivity index (χ0) is 12.3. The molecule has 0 bridgehead atoms. The number of nitrogen functional groups attached to an aromatic ring is 1. The van der Waals surface area contributed by atoms with E-state index in [-0.39, 0.29) is 11.9 Å². The van der Waals surface area contributed by atoms with Crippen LogP contribution in [0.5, 0.6) is 0 Å². The van der Waals surface area contributed by atoms with Gasteiger partial charge in [-0.2, -0.15) is 0 Å². The maximum absolute atomic E-state index is 11.8. The van der Waals surface area contributed by atoms with E-state index in [2.05, 4.69) is 14.9 Å². The number of rotatable bonds is 3. The van der Waals surface area contributed by atoms with E-state index < -0.39 is 0 Å². The molecule has 0 aliphatic carbocycles. The lowest BCUT2D eigenvalue weighted by atomic mass is 10.1. The molecule has 0 fully saturated rings. The Morgan fingerprint density at radius 3 is 2.71 bits per heavy atom. The number of aromatic nitrogens is 2. The van der Waals surface area contributed by atoms with Gasteiger partial charge in [0.15, 0.2) is 0 Å². The first-order valence-electron chi connectivity index (χ1n) is 5.10. The number of anilines is 1. The van der Waals surface area contributed by atoms with Crippen LogP contribution in [0, 0.1) is 0 Å². The zero-order valence-electron chi connectivity index (χ0n) is 9.25. The van der Waals surface area contributed by atoms with Crippen molar-refractivity contribution in [2.75, 3.05) is 5.73 Å². The molecule has 0 saturated heterocycles. The van der Waals surface area contributed by atoms with Crippen molar-refractivity contribution in [2.24, 2.45) is 0 Å². The van der Waals surface area contributed by atoms with E-state index in [1.807, 2.05) is 31.2 Å². The number of benzene rings is 1. The summed E-state index contributed by atoms with van der Waals surface area (Å²) in [5.41, 5.74) is 7.32. The summed E-state index contributed by atoms with van der Waals surface area (Å²) in [5.74, 6) is -0.163. The Bertz CT molecular complexity index is 495. The Labute approximate surface area is 103 Å². The van der Waals surface area contributed by atoms with E-state index in [1.165, 1.54) is 6.20 Å². The molecule has 1 unspecified atom stereocenters. The van der Waals surface area contributed by atoms with Gasteiger partial charge in [-0.05, 0) is 36.2 Å². The van der Waals surface area contributed by atoms with Crippen molar-refractivity contribution in [3.8, 4) is 0 Å². The Morgan fingerprint density at radius 1 is 1.41 bits per heavy atom. The van der Waals surface area contributed by atoms with Gasteiger partial charge < -0.3 is 11.1 Å². The highest BCUT2D eigenvalue weighted by atomic mass is 32.1. The van der Waals surface area contributed by atoms with Crippen LogP contribution in [-0.2, 0) is 0 Å². The minimum absolute atomic E-state index is 0.0785. The highest BCUT2D eigenvalue weighted by Gasteiger charge is 2.12. The maximum Gasteiger partial charge on any atom is 0.265 e. The summed E-state index contributed by atoms with van der Waals surface area (Å²) in [6.07, 6.45) is 1.45. The highest BCUT2D eigenvalue weighted by Crippen LogP contribution is 2.15. The van der Waals surface area contributed by atoms with E-state index in [0.29, 0.717) is 10.6 Å². The Morgan fingerprint density at radius 2 is 2.12 bits per heavy atom. The summed E-state index contributed by atoms with van der Waals surface area (Å²) in [7, 11) is 0. The monoisotopic (exact) mass is 248 g/mol. The Hall–Kier alpha value is -1.95. The summed E-state index contributed by atoms with van der Waals surface area (Å²) < 4.78 is 3.65. The number of nitrogens with two attached hydrogens (primary N) is 1. The third kappa shape index (κ3) is 2.79. The second kappa shape index (κ2) is 4.92. The van der Waals surface area contributed by atoms with Gasteiger partial charge in [0.25, 0.3) is 5.91 Å². The lowest BCUT2D eigenvalue weighted by Crippen LogP contribution is -2.25. The molecule has 1 atom stereocenters. The Kier molecular flexibility index (Phi) is 3.34. The third-order valence-corrected chi connectivity index (χ3v) is 3.03. The van der Waals surface area contributed by atoms with E-state index >= 15 is 0 Å². The fourth-order valence-corrected chi connectivity index (χ4v) is 1.82. The van der Waals surface area contributed by atoms with Crippen LogP contribution in [0.25, 0.3) is 0 Å². The van der Waals surface area contributed by atoms with Gasteiger partial charge in [-0.1, -0.05) is 16.6 Å². The molecule has 6 heteroatoms. The predicted octanol–water partition coefficient (Wildman–Crippen LogP) is 1.61. The quantitative estimate of drug-likeness (QED) is 0.809. The molecule has 0 aliphatic rings. The van der Waals surface area contributed by atoms with E-state index in [4.69, 9.17) is 5.73 Å². The minimum atomic E-state index is -0.163. The largest absolute Gasteiger partial charge is 0.399 e. The number of carbonyl (C=O) groups excluding carboxylic acids is 1. The molecule has 1 heterocycles. The van der Waals surface area contributed by atoms with Gasteiger partial charge in [0, 0.05) is 5.69 Å². The predicted molar refractivity (Wildman–Crippen MR) is 66.6 cm³/mol. The fraction of sp³-hybridized carbons (Fsp3) is 0.182. The van der Waals surface area contributed by atoms with Crippen LogP contribution in [0.2, 0.25) is 0 Å². The first-order chi connectivity index (χ1) is 8.16. The number of carbonyl (C=O) groups is 1. The van der Waals surface area contributed by atoms with Gasteiger partial charge in [0.2, 0.25) is 0 Å². The van der Waals surface area contributed by atoms with Crippen LogP contribution in [0.15, 0.2) is 30.5 Å². The molecule has 0 spiro atoms. The summed E-state index contributed by atoms with van der Waals surface area (Å²) >= 11 is 1.08. The lowest BCUT2D eigenvalue weighted by Gasteiger charge is -2.13. The van der Waals surface area contributed by atoms with E-state index in [1.54, 1.807) is 0 Å². The minimum Gasteiger partial charge on any atom is -0.399 e. The number of hydrogen-bond acceptors (Lipinski definition) is 5. The molecule has 1 amide bonds. The van der Waals surface area contributed by atoms with Gasteiger partial charge in [0.05, 0.1) is 12.2 Å². The van der Waals surface area contributed by atoms with Crippen LogP contribution in [-0.4, -0.2) is 15.5 Å². The fourth-order valence-electron chi connectivity index (χ4n) is 1.40. The highest BCUT2D eigenvalue weighted by molar-refractivity contribution is 7.07. The summed E-state index contributed by atoms with van der Waals surface area (Å²) in [4.78, 5) is 12.3. The van der Waals surface area contributed by atoms with E-state index in [9.17, 15) is 4.79 Å². The van der Waals surface area contributed by atoms with Crippen LogP contribution < -0.4 is 11.1 Å². The molecule has 3 N–H and O–H groups in total. The number of hydrogen-bond donors (Lipinski definition) is 2. The second-order valence-electron chi connectivity index (χ2n) is 3.64. The second-order valence-corrected chi connectivity index (χ2v) is 4.43. The normalized spacial score (nSPS) is 12.1. The average Bonchev–Trinajstić information content (AvgIpc) is 2.83. The summed E-state index contributed by atoms with van der Waals surface area (Å²) in [6.45, 7) is 1.91. The molecule has 2 rings (SSSR count). The van der Waals surface area contributed by atoms with Crippen LogP contribution >= 0.6 is 11.5 Å². The van der Waals surface area contributed by atoms with Gasteiger partial charge in [-0.25, -0.2) is 0 Å². The molecule has 1 aromatic heterocycles. The van der Waals surface area contributed by atoms with Crippen molar-refractivity contribution in [1.29, 1.82) is 0 Å². The summed E-state index contributed by atoms with van der Waals surface area (Å²) in [5, 5.41) is 6.49. The van der Waals surface area contributed by atoms with Crippen molar-refractivity contribution < 1.29 is 4.79 Å². The van der Waals surface area contributed by atoms with Gasteiger partial charge in [-0.15, -0.1) is 5.10 Å². The van der Waals surface area contributed by atoms with Gasteiger partial charge in [-0.3, -0.25) is 4.79 Å². The molecule has 2 aromatic rings. The standard InChI is InChI=1S/C11H12N4OS/c1-7(8-2-4-9(12)5-3-8)14-11(16)10-6-13-15-17-10/h2-7H,12H2,1H3,(H,14,16). The smallest absolute Gasteiger partial charge is 0.265 e. The molecule has 88 valence electrons. The van der Waals surface area contributed by atoms with Crippen LogP contribution in [0.4, 0.5) is 5.69 Å². The SMILES string of the molecule is CC(NC(=O)c1cnns1)c1ccc(N)cc1. The van der Waals surface area contributed by atoms with Crippen molar-refractivity contribution >= 4 is 23.1 Å². The van der Waals surface area contributed by atoms with Crippen molar-refractivity contribution in [2.45, 2.75) is 13.0 Å². The average molecular weight is 248 g/mol. The number of amides is 1. The number of nitrogens with one attached hydrogen (secondary N) is 1. The zero-order valence-corrected chi connectivity index (χ0v) is 10.1. The molecule has 5 nitrogen and oxygen atoms in total. The Balaban J connectivity index is 2.04. The van der Waals surface area contributed by atoms with Crippen molar-refractivity contribution in [1.82, 2.24) is 14.9 Å². The molecule has 0 radical (unpaired) electrons. The van der Waals surface area contributed by atoms with Crippen LogP contribution in [0.3, 0.4) is 0 Å². The molecule has 0 aliphatic heterocycles.